The van der Waals surface area contributed by atoms with E-state index in [1.807, 2.05) is 0 Å². The molecule has 0 radical (unpaired) electrons. The Balaban J connectivity index is 2.24. The van der Waals surface area contributed by atoms with Crippen molar-refractivity contribution in [3.63, 3.8) is 0 Å². The van der Waals surface area contributed by atoms with Crippen LogP contribution >= 0.6 is 11.6 Å². The highest BCUT2D eigenvalue weighted by molar-refractivity contribution is 6.34. The van der Waals surface area contributed by atoms with E-state index in [-0.39, 0.29) is 22.1 Å². The summed E-state index contributed by atoms with van der Waals surface area (Å²) >= 11 is 6.01. The fourth-order valence-electron chi connectivity index (χ4n) is 1.60. The van der Waals surface area contributed by atoms with Gasteiger partial charge in [0.25, 0.3) is 5.91 Å². The summed E-state index contributed by atoms with van der Waals surface area (Å²) in [5.41, 5.74) is 5.91. The van der Waals surface area contributed by atoms with E-state index < -0.39 is 5.91 Å². The molecule has 2 rings (SSSR count). The van der Waals surface area contributed by atoms with E-state index in [1.54, 1.807) is 0 Å². The molecule has 1 aromatic carbocycles. The summed E-state index contributed by atoms with van der Waals surface area (Å²) in [7, 11) is 0. The zero-order valence-electron chi connectivity index (χ0n) is 10.6. The molecule has 0 aliphatic rings. The summed E-state index contributed by atoms with van der Waals surface area (Å²) in [6, 6.07) is 8.72. The molecule has 2 aromatic rings. The summed E-state index contributed by atoms with van der Waals surface area (Å²) in [5.74, 6) is -0.603. The van der Waals surface area contributed by atoms with E-state index in [0.29, 0.717) is 11.3 Å². The van der Waals surface area contributed by atoms with Crippen LogP contribution in [-0.4, -0.2) is 21.9 Å². The Hall–Kier alpha value is -2.80. The van der Waals surface area contributed by atoms with Crippen molar-refractivity contribution >= 4 is 29.0 Å². The van der Waals surface area contributed by atoms with Crippen molar-refractivity contribution in [1.29, 1.82) is 0 Å². The average molecular weight is 307 g/mol. The molecular formula is C13H11ClN4O3. The normalized spacial score (nSPS) is 11.2. The Morgan fingerprint density at radius 1 is 1.33 bits per heavy atom. The van der Waals surface area contributed by atoms with Crippen LogP contribution in [0.3, 0.4) is 0 Å². The molecule has 1 amide bonds. The van der Waals surface area contributed by atoms with E-state index in [4.69, 9.17) is 22.5 Å². The zero-order valence-corrected chi connectivity index (χ0v) is 11.4. The number of oxime groups is 1. The van der Waals surface area contributed by atoms with Crippen molar-refractivity contribution < 1.29 is 10.0 Å². The number of aromatic amines is 1. The molecule has 0 spiro atoms. The molecule has 0 fully saturated rings. The van der Waals surface area contributed by atoms with Gasteiger partial charge in [-0.3, -0.25) is 9.59 Å². The maximum atomic E-state index is 12.0. The van der Waals surface area contributed by atoms with Crippen LogP contribution in [-0.2, 0) is 0 Å². The van der Waals surface area contributed by atoms with Crippen LogP contribution < -0.4 is 16.6 Å². The lowest BCUT2D eigenvalue weighted by Crippen LogP contribution is -2.18. The van der Waals surface area contributed by atoms with Crippen molar-refractivity contribution in [3.8, 4) is 0 Å². The number of pyridine rings is 1. The van der Waals surface area contributed by atoms with Crippen LogP contribution in [0.2, 0.25) is 5.02 Å². The topological polar surface area (TPSA) is 121 Å². The number of amides is 1. The number of benzene rings is 1. The number of carbonyl (C=O) groups is 1. The largest absolute Gasteiger partial charge is 0.409 e. The van der Waals surface area contributed by atoms with Gasteiger partial charge in [-0.05, 0) is 24.3 Å². The second-order valence-corrected chi connectivity index (χ2v) is 4.47. The van der Waals surface area contributed by atoms with Crippen LogP contribution in [0.1, 0.15) is 16.1 Å². The minimum atomic E-state index is -0.508. The van der Waals surface area contributed by atoms with E-state index in [1.165, 1.54) is 36.4 Å². The number of nitrogens with two attached hydrogens (primary N) is 1. The Kier molecular flexibility index (Phi) is 4.24. The van der Waals surface area contributed by atoms with Gasteiger partial charge in [0, 0.05) is 11.6 Å². The van der Waals surface area contributed by atoms with Crippen molar-refractivity contribution in [2.75, 3.05) is 5.32 Å². The monoisotopic (exact) mass is 306 g/mol. The first-order valence-corrected chi connectivity index (χ1v) is 6.17. The highest BCUT2D eigenvalue weighted by Gasteiger charge is 2.10. The van der Waals surface area contributed by atoms with Crippen LogP contribution in [0, 0.1) is 0 Å². The van der Waals surface area contributed by atoms with E-state index in [0.717, 1.165) is 0 Å². The number of H-pyrrole nitrogens is 1. The Labute approximate surface area is 124 Å². The molecule has 0 aliphatic heterocycles. The van der Waals surface area contributed by atoms with Gasteiger partial charge in [-0.1, -0.05) is 22.8 Å². The van der Waals surface area contributed by atoms with Crippen molar-refractivity contribution in [2.45, 2.75) is 0 Å². The third kappa shape index (κ3) is 3.40. The summed E-state index contributed by atoms with van der Waals surface area (Å²) in [4.78, 5) is 25.5. The fraction of sp³-hybridized carbons (Fsp3) is 0. The maximum Gasteiger partial charge on any atom is 0.272 e. The molecule has 108 valence electrons. The standard InChI is InChI=1S/C13H11ClN4O3/c14-8-6-7(12(15)18-21)4-5-9(8)17-13(20)10-2-1-3-11(19)16-10/h1-6,21H,(H2,15,18)(H,16,19)(H,17,20). The van der Waals surface area contributed by atoms with Gasteiger partial charge in [0.1, 0.15) is 5.69 Å². The Morgan fingerprint density at radius 2 is 2.10 bits per heavy atom. The highest BCUT2D eigenvalue weighted by atomic mass is 35.5. The van der Waals surface area contributed by atoms with Crippen LogP contribution in [0.25, 0.3) is 0 Å². The molecule has 21 heavy (non-hydrogen) atoms. The lowest BCUT2D eigenvalue weighted by molar-refractivity contribution is 0.102. The molecule has 0 saturated heterocycles. The van der Waals surface area contributed by atoms with Crippen LogP contribution in [0.15, 0.2) is 46.3 Å². The summed E-state index contributed by atoms with van der Waals surface area (Å²) in [6.45, 7) is 0. The number of amidine groups is 1. The number of hydrogen-bond donors (Lipinski definition) is 4. The van der Waals surface area contributed by atoms with Gasteiger partial charge in [0.15, 0.2) is 5.84 Å². The number of anilines is 1. The van der Waals surface area contributed by atoms with Gasteiger partial charge in [0.05, 0.1) is 10.7 Å². The molecule has 0 saturated carbocycles. The summed E-state index contributed by atoms with van der Waals surface area (Å²) < 4.78 is 0. The number of nitrogens with one attached hydrogen (secondary N) is 2. The molecule has 1 heterocycles. The number of rotatable bonds is 3. The molecule has 7 nitrogen and oxygen atoms in total. The van der Waals surface area contributed by atoms with Gasteiger partial charge < -0.3 is 21.2 Å². The smallest absolute Gasteiger partial charge is 0.272 e. The van der Waals surface area contributed by atoms with Gasteiger partial charge in [-0.2, -0.15) is 0 Å². The van der Waals surface area contributed by atoms with Crippen molar-refractivity contribution in [2.24, 2.45) is 10.9 Å². The van der Waals surface area contributed by atoms with Crippen molar-refractivity contribution in [3.05, 3.63) is 63.0 Å². The summed E-state index contributed by atoms with van der Waals surface area (Å²) in [6.07, 6.45) is 0. The summed E-state index contributed by atoms with van der Waals surface area (Å²) in [5, 5.41) is 14.2. The predicted octanol–water partition coefficient (Wildman–Crippen LogP) is 1.38. The number of aromatic nitrogens is 1. The first-order valence-electron chi connectivity index (χ1n) is 5.79. The van der Waals surface area contributed by atoms with Gasteiger partial charge >= 0.3 is 0 Å². The molecule has 1 aromatic heterocycles. The number of hydrogen-bond acceptors (Lipinski definition) is 4. The molecule has 0 atom stereocenters. The molecule has 8 heteroatoms. The molecule has 5 N–H and O–H groups in total. The zero-order chi connectivity index (χ0) is 15.4. The molecule has 0 aliphatic carbocycles. The lowest BCUT2D eigenvalue weighted by atomic mass is 10.2. The number of nitrogens with zero attached hydrogens (tertiary/aromatic N) is 1. The molecular weight excluding hydrogens is 296 g/mol. The Morgan fingerprint density at radius 3 is 2.71 bits per heavy atom. The van der Waals surface area contributed by atoms with Gasteiger partial charge in [0.2, 0.25) is 5.56 Å². The van der Waals surface area contributed by atoms with Crippen LogP contribution in [0.4, 0.5) is 5.69 Å². The first kappa shape index (κ1) is 14.6. The second-order valence-electron chi connectivity index (χ2n) is 4.06. The first-order chi connectivity index (χ1) is 10.0. The van der Waals surface area contributed by atoms with Gasteiger partial charge in [-0.25, -0.2) is 0 Å². The van der Waals surface area contributed by atoms with Crippen molar-refractivity contribution in [1.82, 2.24) is 4.98 Å². The fourth-order valence-corrected chi connectivity index (χ4v) is 1.83. The third-order valence-corrected chi connectivity index (χ3v) is 2.95. The highest BCUT2D eigenvalue weighted by Crippen LogP contribution is 2.23. The Bertz CT molecular complexity index is 770. The maximum absolute atomic E-state index is 12.0. The number of halogens is 1. The van der Waals surface area contributed by atoms with Crippen LogP contribution in [0.5, 0.6) is 0 Å². The van der Waals surface area contributed by atoms with E-state index in [9.17, 15) is 9.59 Å². The third-order valence-electron chi connectivity index (χ3n) is 2.63. The average Bonchev–Trinajstić information content (AvgIpc) is 2.48. The van der Waals surface area contributed by atoms with Gasteiger partial charge in [-0.15, -0.1) is 0 Å². The lowest BCUT2D eigenvalue weighted by Gasteiger charge is -2.08. The quantitative estimate of drug-likeness (QED) is 0.296. The molecule has 0 bridgehead atoms. The SMILES string of the molecule is N/C(=N/O)c1ccc(NC(=O)c2cccc(=O)[nH]2)c(Cl)c1. The minimum Gasteiger partial charge on any atom is -0.409 e. The van der Waals surface area contributed by atoms with E-state index in [2.05, 4.69) is 15.5 Å². The molecule has 0 unspecified atom stereocenters. The second kappa shape index (κ2) is 6.10. The predicted molar refractivity (Wildman–Crippen MR) is 79.0 cm³/mol. The van der Waals surface area contributed by atoms with E-state index >= 15 is 0 Å². The minimum absolute atomic E-state index is 0.0952. The number of carbonyl (C=O) groups excluding carboxylic acids is 1.